The van der Waals surface area contributed by atoms with Crippen molar-refractivity contribution in [3.8, 4) is 22.9 Å². The van der Waals surface area contributed by atoms with E-state index in [0.29, 0.717) is 34.6 Å². The summed E-state index contributed by atoms with van der Waals surface area (Å²) in [5.74, 6) is 1.40. The lowest BCUT2D eigenvalue weighted by atomic mass is 9.96. The number of hydrogen-bond donors (Lipinski definition) is 0. The van der Waals surface area contributed by atoms with Crippen LogP contribution in [-0.4, -0.2) is 41.2 Å². The van der Waals surface area contributed by atoms with E-state index in [1.54, 1.807) is 44.2 Å². The average Bonchev–Trinajstić information content (AvgIpc) is 2.91. The second-order valence-corrected chi connectivity index (χ2v) is 9.97. The summed E-state index contributed by atoms with van der Waals surface area (Å²) in [5.41, 5.74) is 3.60. The van der Waals surface area contributed by atoms with Crippen molar-refractivity contribution in [3.63, 3.8) is 0 Å². The van der Waals surface area contributed by atoms with Crippen molar-refractivity contribution in [2.75, 3.05) is 13.2 Å². The van der Waals surface area contributed by atoms with Crippen LogP contribution in [0.5, 0.6) is 11.5 Å². The van der Waals surface area contributed by atoms with Crippen molar-refractivity contribution in [2.24, 2.45) is 5.10 Å². The zero-order valence-electron chi connectivity index (χ0n) is 23.8. The highest BCUT2D eigenvalue weighted by Gasteiger charge is 2.19. The molecule has 0 aliphatic carbocycles. The monoisotopic (exact) mass is 541 g/mol. The van der Waals surface area contributed by atoms with Gasteiger partial charge < -0.3 is 14.2 Å². The molecule has 0 saturated heterocycles. The van der Waals surface area contributed by atoms with Crippen molar-refractivity contribution >= 4 is 23.1 Å². The molecule has 0 spiro atoms. The SMILES string of the molecule is CCOc1cc(C)c(-c2nc3ccccc3c(=O)n2N=Cc2ccccc2OCC(=O)OC(C)C)cc1C(C)C. The molecule has 0 atom stereocenters. The number of rotatable bonds is 10. The molecule has 0 amide bonds. The summed E-state index contributed by atoms with van der Waals surface area (Å²) in [7, 11) is 0. The number of aryl methyl sites for hydroxylation is 1. The molecule has 0 aliphatic heterocycles. The Morgan fingerprint density at radius 1 is 1.00 bits per heavy atom. The van der Waals surface area contributed by atoms with Gasteiger partial charge in [-0.2, -0.15) is 9.78 Å². The van der Waals surface area contributed by atoms with Crippen LogP contribution in [0.1, 0.15) is 57.2 Å². The largest absolute Gasteiger partial charge is 0.494 e. The molecule has 0 fully saturated rings. The standard InChI is InChI=1S/C32H35N3O5/c1-7-38-29-16-22(6)26(17-25(29)20(2)3)31-34-27-14-10-9-13-24(27)32(37)35(31)33-18-23-12-8-11-15-28(23)39-19-30(36)40-21(4)5/h8-18,20-21H,7,19H2,1-6H3. The van der Waals surface area contributed by atoms with E-state index in [-0.39, 0.29) is 24.2 Å². The molecule has 40 heavy (non-hydrogen) atoms. The first-order valence-electron chi connectivity index (χ1n) is 13.4. The van der Waals surface area contributed by atoms with Gasteiger partial charge in [0.15, 0.2) is 12.4 Å². The fourth-order valence-corrected chi connectivity index (χ4v) is 4.35. The number of aromatic nitrogens is 2. The molecule has 4 aromatic rings. The Kier molecular flexibility index (Phi) is 8.99. The van der Waals surface area contributed by atoms with Gasteiger partial charge in [0.05, 0.1) is 29.8 Å². The number of hydrogen-bond acceptors (Lipinski definition) is 7. The number of ether oxygens (including phenoxy) is 3. The van der Waals surface area contributed by atoms with Crippen LogP contribution in [0.4, 0.5) is 0 Å². The van der Waals surface area contributed by atoms with Crippen LogP contribution in [0, 0.1) is 6.92 Å². The zero-order chi connectivity index (χ0) is 28.8. The van der Waals surface area contributed by atoms with Gasteiger partial charge in [-0.1, -0.05) is 38.1 Å². The highest BCUT2D eigenvalue weighted by molar-refractivity contribution is 5.85. The van der Waals surface area contributed by atoms with E-state index in [0.717, 1.165) is 22.4 Å². The molecule has 4 rings (SSSR count). The summed E-state index contributed by atoms with van der Waals surface area (Å²) < 4.78 is 18.1. The molecule has 0 saturated carbocycles. The molecule has 0 bridgehead atoms. The van der Waals surface area contributed by atoms with E-state index in [2.05, 4.69) is 18.9 Å². The van der Waals surface area contributed by atoms with E-state index >= 15 is 0 Å². The zero-order valence-corrected chi connectivity index (χ0v) is 23.8. The molecule has 0 N–H and O–H groups in total. The smallest absolute Gasteiger partial charge is 0.344 e. The maximum Gasteiger partial charge on any atom is 0.344 e. The van der Waals surface area contributed by atoms with Crippen LogP contribution in [0.2, 0.25) is 0 Å². The van der Waals surface area contributed by atoms with E-state index in [1.165, 1.54) is 10.9 Å². The van der Waals surface area contributed by atoms with Gasteiger partial charge in [0, 0.05) is 11.1 Å². The first kappa shape index (κ1) is 28.5. The maximum absolute atomic E-state index is 13.7. The number of nitrogens with zero attached hydrogens (tertiary/aromatic N) is 3. The third kappa shape index (κ3) is 6.39. The van der Waals surface area contributed by atoms with Gasteiger partial charge in [-0.15, -0.1) is 0 Å². The molecular weight excluding hydrogens is 506 g/mol. The summed E-state index contributed by atoms with van der Waals surface area (Å²) in [6.07, 6.45) is 1.30. The summed E-state index contributed by atoms with van der Waals surface area (Å²) in [6.45, 7) is 12.0. The maximum atomic E-state index is 13.7. The molecule has 0 aliphatic rings. The van der Waals surface area contributed by atoms with Crippen molar-refractivity contribution < 1.29 is 19.0 Å². The van der Waals surface area contributed by atoms with Gasteiger partial charge in [0.1, 0.15) is 11.5 Å². The van der Waals surface area contributed by atoms with Crippen molar-refractivity contribution in [1.29, 1.82) is 0 Å². The number of para-hydroxylation sites is 2. The van der Waals surface area contributed by atoms with Crippen LogP contribution in [0.25, 0.3) is 22.3 Å². The summed E-state index contributed by atoms with van der Waals surface area (Å²) >= 11 is 0. The summed E-state index contributed by atoms with van der Waals surface area (Å²) in [5, 5.41) is 5.06. The molecule has 8 nitrogen and oxygen atoms in total. The number of benzene rings is 3. The Morgan fingerprint density at radius 2 is 1.73 bits per heavy atom. The average molecular weight is 542 g/mol. The van der Waals surface area contributed by atoms with Crippen LogP contribution in [0.15, 0.2) is 70.6 Å². The Bertz CT molecular complexity index is 1600. The van der Waals surface area contributed by atoms with Gasteiger partial charge in [-0.3, -0.25) is 4.79 Å². The van der Waals surface area contributed by atoms with Crippen LogP contribution < -0.4 is 15.0 Å². The Hall–Kier alpha value is -4.46. The molecule has 3 aromatic carbocycles. The lowest BCUT2D eigenvalue weighted by Crippen LogP contribution is -2.21. The lowest BCUT2D eigenvalue weighted by Gasteiger charge is -2.18. The van der Waals surface area contributed by atoms with Gasteiger partial charge in [0.2, 0.25) is 0 Å². The van der Waals surface area contributed by atoms with E-state index in [4.69, 9.17) is 19.2 Å². The van der Waals surface area contributed by atoms with Crippen molar-refractivity contribution in [2.45, 2.75) is 53.6 Å². The minimum absolute atomic E-state index is 0.191. The fourth-order valence-electron chi connectivity index (χ4n) is 4.35. The van der Waals surface area contributed by atoms with Crippen molar-refractivity contribution in [3.05, 3.63) is 87.7 Å². The van der Waals surface area contributed by atoms with Crippen LogP contribution >= 0.6 is 0 Å². The summed E-state index contributed by atoms with van der Waals surface area (Å²) in [6, 6.07) is 18.4. The number of esters is 1. The third-order valence-corrected chi connectivity index (χ3v) is 6.22. The van der Waals surface area contributed by atoms with Crippen LogP contribution in [0.3, 0.4) is 0 Å². The van der Waals surface area contributed by atoms with Gasteiger partial charge in [-0.25, -0.2) is 9.78 Å². The third-order valence-electron chi connectivity index (χ3n) is 6.22. The number of carbonyl (C=O) groups excluding carboxylic acids is 1. The normalized spacial score (nSPS) is 11.5. The quantitative estimate of drug-likeness (QED) is 0.178. The molecule has 208 valence electrons. The minimum atomic E-state index is -0.467. The van der Waals surface area contributed by atoms with Crippen molar-refractivity contribution in [1.82, 2.24) is 9.66 Å². The Labute approximate surface area is 234 Å². The molecule has 1 aromatic heterocycles. The Morgan fingerprint density at radius 3 is 2.45 bits per heavy atom. The summed E-state index contributed by atoms with van der Waals surface area (Å²) in [4.78, 5) is 30.6. The van der Waals surface area contributed by atoms with Gasteiger partial charge in [-0.05, 0) is 81.1 Å². The second kappa shape index (κ2) is 12.6. The molecular formula is C32H35N3O5. The first-order chi connectivity index (χ1) is 19.2. The van der Waals surface area contributed by atoms with E-state index in [1.807, 2.05) is 44.2 Å². The lowest BCUT2D eigenvalue weighted by molar-refractivity contribution is -0.149. The number of fused-ring (bicyclic) bond motifs is 1. The fraction of sp³-hybridized carbons (Fsp3) is 0.312. The van der Waals surface area contributed by atoms with Gasteiger partial charge >= 0.3 is 5.97 Å². The predicted molar refractivity (Wildman–Crippen MR) is 158 cm³/mol. The minimum Gasteiger partial charge on any atom is -0.494 e. The highest BCUT2D eigenvalue weighted by atomic mass is 16.6. The van der Waals surface area contributed by atoms with E-state index < -0.39 is 5.97 Å². The topological polar surface area (TPSA) is 92.0 Å². The predicted octanol–water partition coefficient (Wildman–Crippen LogP) is 6.11. The Balaban J connectivity index is 1.83. The molecule has 0 radical (unpaired) electrons. The van der Waals surface area contributed by atoms with Gasteiger partial charge in [0.25, 0.3) is 5.56 Å². The second-order valence-electron chi connectivity index (χ2n) is 9.97. The first-order valence-corrected chi connectivity index (χ1v) is 13.4. The molecule has 8 heteroatoms. The highest BCUT2D eigenvalue weighted by Crippen LogP contribution is 2.34. The number of carbonyl (C=O) groups is 1. The van der Waals surface area contributed by atoms with Crippen LogP contribution in [-0.2, 0) is 9.53 Å². The molecule has 0 unspecified atom stereocenters. The van der Waals surface area contributed by atoms with E-state index in [9.17, 15) is 9.59 Å². The molecule has 1 heterocycles.